The third kappa shape index (κ3) is 3.87. The summed E-state index contributed by atoms with van der Waals surface area (Å²) in [4.78, 5) is 12.4. The molecule has 0 atom stereocenters. The lowest BCUT2D eigenvalue weighted by atomic mass is 10.0. The minimum atomic E-state index is -4.55. The lowest BCUT2D eigenvalue weighted by Gasteiger charge is -2.11. The Balaban J connectivity index is 2.49. The molecule has 0 saturated carbocycles. The number of halogens is 3. The predicted molar refractivity (Wildman–Crippen MR) is 81.4 cm³/mol. The third-order valence-corrected chi connectivity index (χ3v) is 4.33. The molecule has 0 spiro atoms. The van der Waals surface area contributed by atoms with E-state index in [0.29, 0.717) is 16.0 Å². The van der Waals surface area contributed by atoms with Crippen molar-refractivity contribution in [2.45, 2.75) is 24.4 Å². The lowest BCUT2D eigenvalue weighted by molar-refractivity contribution is -0.140. The molecule has 0 radical (unpaired) electrons. The van der Waals surface area contributed by atoms with Crippen LogP contribution in [0.25, 0.3) is 11.1 Å². The van der Waals surface area contributed by atoms with Gasteiger partial charge in [0, 0.05) is 16.7 Å². The Bertz CT molecular complexity index is 698. The van der Waals surface area contributed by atoms with Gasteiger partial charge in [0.05, 0.1) is 12.7 Å². The molecule has 1 aromatic carbocycles. The first-order valence-electron chi connectivity index (χ1n) is 6.85. The SMILES string of the molecule is CCCSc1cc(-c2c[nH]nc2C(F)(F)F)ccc1C(=O)OC. The summed E-state index contributed by atoms with van der Waals surface area (Å²) in [5.41, 5.74) is -0.342. The van der Waals surface area contributed by atoms with Gasteiger partial charge in [-0.25, -0.2) is 4.79 Å². The average Bonchev–Trinajstić information content (AvgIpc) is 3.01. The van der Waals surface area contributed by atoms with Crippen LogP contribution in [0.2, 0.25) is 0 Å². The molecule has 2 rings (SSSR count). The predicted octanol–water partition coefficient (Wildman–Crippen LogP) is 4.38. The summed E-state index contributed by atoms with van der Waals surface area (Å²) in [5.74, 6) is 0.226. The highest BCUT2D eigenvalue weighted by atomic mass is 32.2. The summed E-state index contributed by atoms with van der Waals surface area (Å²) in [6, 6.07) is 4.50. The van der Waals surface area contributed by atoms with Crippen LogP contribution in [-0.2, 0) is 10.9 Å². The molecule has 0 saturated heterocycles. The van der Waals surface area contributed by atoms with Gasteiger partial charge in [0.25, 0.3) is 0 Å². The normalized spacial score (nSPS) is 11.5. The first-order chi connectivity index (χ1) is 10.9. The van der Waals surface area contributed by atoms with E-state index in [1.165, 1.54) is 37.2 Å². The largest absolute Gasteiger partial charge is 0.465 e. The molecular formula is C15H15F3N2O2S. The van der Waals surface area contributed by atoms with Gasteiger partial charge in [-0.1, -0.05) is 13.0 Å². The number of rotatable bonds is 5. The first kappa shape index (κ1) is 17.4. The fraction of sp³-hybridized carbons (Fsp3) is 0.333. The van der Waals surface area contributed by atoms with E-state index in [0.717, 1.165) is 12.2 Å². The van der Waals surface area contributed by atoms with Crippen LogP contribution in [0.1, 0.15) is 29.4 Å². The maximum absolute atomic E-state index is 13.0. The Hall–Kier alpha value is -1.96. The molecule has 0 aliphatic rings. The molecule has 0 unspecified atom stereocenters. The maximum Gasteiger partial charge on any atom is 0.435 e. The van der Waals surface area contributed by atoms with Gasteiger partial charge in [0.15, 0.2) is 5.69 Å². The molecule has 1 aromatic heterocycles. The van der Waals surface area contributed by atoms with Crippen LogP contribution >= 0.6 is 11.8 Å². The van der Waals surface area contributed by atoms with E-state index in [9.17, 15) is 18.0 Å². The molecule has 124 valence electrons. The van der Waals surface area contributed by atoms with Gasteiger partial charge in [-0.05, 0) is 29.9 Å². The van der Waals surface area contributed by atoms with Crippen LogP contribution in [0, 0.1) is 0 Å². The number of alkyl halides is 3. The van der Waals surface area contributed by atoms with E-state index in [1.807, 2.05) is 6.92 Å². The van der Waals surface area contributed by atoms with Crippen molar-refractivity contribution in [1.82, 2.24) is 10.2 Å². The fourth-order valence-electron chi connectivity index (χ4n) is 2.03. The number of benzene rings is 1. The number of aromatic nitrogens is 2. The monoisotopic (exact) mass is 344 g/mol. The second-order valence-corrected chi connectivity index (χ2v) is 5.83. The second kappa shape index (κ2) is 7.08. The molecule has 1 heterocycles. The minimum Gasteiger partial charge on any atom is -0.465 e. The summed E-state index contributed by atoms with van der Waals surface area (Å²) < 4.78 is 43.6. The van der Waals surface area contributed by atoms with Crippen LogP contribution in [0.5, 0.6) is 0 Å². The minimum absolute atomic E-state index is 0.0488. The number of nitrogens with one attached hydrogen (secondary N) is 1. The van der Waals surface area contributed by atoms with E-state index in [2.05, 4.69) is 10.2 Å². The number of esters is 1. The summed E-state index contributed by atoms with van der Waals surface area (Å²) in [6.45, 7) is 1.98. The zero-order valence-corrected chi connectivity index (χ0v) is 13.3. The van der Waals surface area contributed by atoms with Crippen molar-refractivity contribution >= 4 is 17.7 Å². The highest BCUT2D eigenvalue weighted by molar-refractivity contribution is 7.99. The number of H-pyrrole nitrogens is 1. The van der Waals surface area contributed by atoms with Gasteiger partial charge in [-0.2, -0.15) is 18.3 Å². The highest BCUT2D eigenvalue weighted by Crippen LogP contribution is 2.37. The van der Waals surface area contributed by atoms with Crippen LogP contribution in [0.3, 0.4) is 0 Å². The van der Waals surface area contributed by atoms with Gasteiger partial charge >= 0.3 is 12.1 Å². The van der Waals surface area contributed by atoms with Crippen molar-refractivity contribution in [3.05, 3.63) is 35.7 Å². The van der Waals surface area contributed by atoms with Crippen molar-refractivity contribution in [1.29, 1.82) is 0 Å². The van der Waals surface area contributed by atoms with Gasteiger partial charge in [-0.3, -0.25) is 5.10 Å². The fourth-order valence-corrected chi connectivity index (χ4v) is 2.97. The molecule has 0 amide bonds. The second-order valence-electron chi connectivity index (χ2n) is 4.70. The van der Waals surface area contributed by atoms with Crippen molar-refractivity contribution < 1.29 is 22.7 Å². The number of ether oxygens (including phenoxy) is 1. The van der Waals surface area contributed by atoms with Gasteiger partial charge < -0.3 is 4.74 Å². The highest BCUT2D eigenvalue weighted by Gasteiger charge is 2.36. The molecule has 1 N–H and O–H groups in total. The number of nitrogens with zero attached hydrogens (tertiary/aromatic N) is 1. The Kier molecular flexibility index (Phi) is 5.35. The number of thioether (sulfide) groups is 1. The van der Waals surface area contributed by atoms with Crippen LogP contribution in [0.4, 0.5) is 13.2 Å². The molecule has 4 nitrogen and oxygen atoms in total. The summed E-state index contributed by atoms with van der Waals surface area (Å²) in [7, 11) is 1.27. The van der Waals surface area contributed by atoms with E-state index >= 15 is 0 Å². The number of hydrogen-bond donors (Lipinski definition) is 1. The topological polar surface area (TPSA) is 55.0 Å². The molecule has 0 fully saturated rings. The number of hydrogen-bond acceptors (Lipinski definition) is 4. The summed E-state index contributed by atoms with van der Waals surface area (Å²) in [6.07, 6.45) is -2.48. The molecule has 23 heavy (non-hydrogen) atoms. The van der Waals surface area contributed by atoms with Crippen LogP contribution in [-0.4, -0.2) is 29.0 Å². The van der Waals surface area contributed by atoms with Crippen molar-refractivity contribution in [2.75, 3.05) is 12.9 Å². The quantitative estimate of drug-likeness (QED) is 0.646. The van der Waals surface area contributed by atoms with E-state index in [4.69, 9.17) is 4.74 Å². The van der Waals surface area contributed by atoms with E-state index < -0.39 is 17.8 Å². The standard InChI is InChI=1S/C15H15F3N2O2S/c1-3-6-23-12-7-9(4-5-10(12)14(21)22-2)11-8-19-20-13(11)15(16,17)18/h4-5,7-8H,3,6H2,1-2H3,(H,19,20). The van der Waals surface area contributed by atoms with Gasteiger partial charge in [-0.15, -0.1) is 11.8 Å². The van der Waals surface area contributed by atoms with Crippen LogP contribution < -0.4 is 0 Å². The van der Waals surface area contributed by atoms with Gasteiger partial charge in [0.2, 0.25) is 0 Å². The smallest absolute Gasteiger partial charge is 0.435 e. The lowest BCUT2D eigenvalue weighted by Crippen LogP contribution is -2.08. The Labute approximate surface area is 135 Å². The molecule has 2 aromatic rings. The Morgan fingerprint density at radius 1 is 1.39 bits per heavy atom. The molecular weight excluding hydrogens is 329 g/mol. The molecule has 0 aliphatic carbocycles. The summed E-state index contributed by atoms with van der Waals surface area (Å²) >= 11 is 1.40. The number of aromatic amines is 1. The Morgan fingerprint density at radius 3 is 2.74 bits per heavy atom. The zero-order chi connectivity index (χ0) is 17.0. The van der Waals surface area contributed by atoms with Crippen molar-refractivity contribution in [3.63, 3.8) is 0 Å². The summed E-state index contributed by atoms with van der Waals surface area (Å²) in [5, 5.41) is 5.53. The van der Waals surface area contributed by atoms with E-state index in [-0.39, 0.29) is 5.56 Å². The number of carbonyl (C=O) groups is 1. The first-order valence-corrected chi connectivity index (χ1v) is 7.83. The number of methoxy groups -OCH3 is 1. The third-order valence-electron chi connectivity index (χ3n) is 3.07. The van der Waals surface area contributed by atoms with Crippen molar-refractivity contribution in [2.24, 2.45) is 0 Å². The molecule has 0 aliphatic heterocycles. The maximum atomic E-state index is 13.0. The molecule has 8 heteroatoms. The van der Waals surface area contributed by atoms with Gasteiger partial charge in [0.1, 0.15) is 0 Å². The molecule has 0 bridgehead atoms. The van der Waals surface area contributed by atoms with Crippen molar-refractivity contribution in [3.8, 4) is 11.1 Å². The zero-order valence-electron chi connectivity index (χ0n) is 12.5. The number of carbonyl (C=O) groups excluding carboxylic acids is 1. The average molecular weight is 344 g/mol. The van der Waals surface area contributed by atoms with Crippen LogP contribution in [0.15, 0.2) is 29.3 Å². The Morgan fingerprint density at radius 2 is 2.13 bits per heavy atom. The van der Waals surface area contributed by atoms with E-state index in [1.54, 1.807) is 6.07 Å².